The van der Waals surface area contributed by atoms with Gasteiger partial charge in [-0.2, -0.15) is 5.26 Å². The Labute approximate surface area is 56.2 Å². The van der Waals surface area contributed by atoms with Crippen LogP contribution in [0.25, 0.3) is 0 Å². The maximum absolute atomic E-state index is 11.2. The molecular formula is C6H12NOP. The lowest BCUT2D eigenvalue weighted by atomic mass is 10.2. The minimum atomic E-state index is -2.23. The molecule has 0 radical (unpaired) electrons. The molecule has 0 amide bonds. The quantitative estimate of drug-likeness (QED) is 0.529. The molecule has 2 nitrogen and oxygen atoms in total. The average molecular weight is 145 g/mol. The zero-order valence-corrected chi connectivity index (χ0v) is 7.20. The van der Waals surface area contributed by atoms with Crippen molar-refractivity contribution < 1.29 is 4.57 Å². The summed E-state index contributed by atoms with van der Waals surface area (Å²) in [5.74, 6) is 0. The summed E-state index contributed by atoms with van der Waals surface area (Å²) in [4.78, 5) is 0. The molecule has 0 spiro atoms. The van der Waals surface area contributed by atoms with Gasteiger partial charge < -0.3 is 4.57 Å². The van der Waals surface area contributed by atoms with Crippen molar-refractivity contribution in [1.82, 2.24) is 0 Å². The van der Waals surface area contributed by atoms with Crippen molar-refractivity contribution in [3.63, 3.8) is 0 Å². The van der Waals surface area contributed by atoms with Gasteiger partial charge >= 0.3 is 0 Å². The van der Waals surface area contributed by atoms with Gasteiger partial charge in [-0.05, 0) is 27.2 Å². The molecule has 0 aromatic rings. The summed E-state index contributed by atoms with van der Waals surface area (Å²) in [6, 6.07) is 2.02. The van der Waals surface area contributed by atoms with Crippen LogP contribution in [-0.4, -0.2) is 18.5 Å². The summed E-state index contributed by atoms with van der Waals surface area (Å²) in [6.07, 6.45) is 0. The van der Waals surface area contributed by atoms with E-state index in [0.29, 0.717) is 0 Å². The second-order valence-electron chi connectivity index (χ2n) is 3.02. The molecule has 0 bridgehead atoms. The second kappa shape index (κ2) is 2.15. The third-order valence-corrected chi connectivity index (χ3v) is 4.41. The molecule has 9 heavy (non-hydrogen) atoms. The highest BCUT2D eigenvalue weighted by atomic mass is 31.2. The highest BCUT2D eigenvalue weighted by Gasteiger charge is 2.31. The minimum absolute atomic E-state index is 0.660. The Hall–Kier alpha value is -0.280. The van der Waals surface area contributed by atoms with E-state index in [9.17, 15) is 4.57 Å². The normalized spacial score (nSPS) is 12.8. The van der Waals surface area contributed by atoms with E-state index in [4.69, 9.17) is 5.26 Å². The zero-order valence-electron chi connectivity index (χ0n) is 6.30. The molecule has 0 fully saturated rings. The minimum Gasteiger partial charge on any atom is -0.322 e. The molecular weight excluding hydrogens is 133 g/mol. The van der Waals surface area contributed by atoms with E-state index in [1.54, 1.807) is 27.2 Å². The first-order valence-corrected chi connectivity index (χ1v) is 5.38. The summed E-state index contributed by atoms with van der Waals surface area (Å²) in [7, 11) is -2.23. The fourth-order valence-electron chi connectivity index (χ4n) is 0.120. The lowest BCUT2D eigenvalue weighted by Crippen LogP contribution is -2.15. The molecule has 0 atom stereocenters. The molecule has 0 rings (SSSR count). The SMILES string of the molecule is CC(C)(C#N)P(C)(C)=O. The third kappa shape index (κ3) is 1.84. The number of rotatable bonds is 1. The van der Waals surface area contributed by atoms with Gasteiger partial charge in [0.25, 0.3) is 0 Å². The number of nitrogens with zero attached hydrogens (tertiary/aromatic N) is 1. The molecule has 0 aliphatic carbocycles. The van der Waals surface area contributed by atoms with Crippen molar-refractivity contribution in [3.8, 4) is 6.07 Å². The van der Waals surface area contributed by atoms with Crippen LogP contribution < -0.4 is 0 Å². The van der Waals surface area contributed by atoms with Crippen molar-refractivity contribution in [2.24, 2.45) is 0 Å². The van der Waals surface area contributed by atoms with Crippen molar-refractivity contribution in [3.05, 3.63) is 0 Å². The predicted octanol–water partition coefficient (Wildman–Crippen LogP) is 1.91. The molecule has 0 aromatic heterocycles. The second-order valence-corrected chi connectivity index (χ2v) is 6.84. The maximum Gasteiger partial charge on any atom is 0.104 e. The average Bonchev–Trinajstić information content (AvgIpc) is 1.64. The maximum atomic E-state index is 11.2. The van der Waals surface area contributed by atoms with Gasteiger partial charge in [-0.15, -0.1) is 0 Å². The van der Waals surface area contributed by atoms with Crippen LogP contribution in [0.3, 0.4) is 0 Å². The van der Waals surface area contributed by atoms with Crippen LogP contribution in [0.15, 0.2) is 0 Å². The van der Waals surface area contributed by atoms with E-state index >= 15 is 0 Å². The largest absolute Gasteiger partial charge is 0.322 e. The molecule has 0 heterocycles. The fourth-order valence-corrected chi connectivity index (χ4v) is 0.361. The van der Waals surface area contributed by atoms with Crippen LogP contribution in [0.4, 0.5) is 0 Å². The van der Waals surface area contributed by atoms with Crippen molar-refractivity contribution >= 4 is 7.14 Å². The van der Waals surface area contributed by atoms with Crippen molar-refractivity contribution in [2.45, 2.75) is 19.0 Å². The Bertz CT molecular complexity index is 184. The van der Waals surface area contributed by atoms with E-state index < -0.39 is 12.3 Å². The third-order valence-electron chi connectivity index (χ3n) is 1.62. The van der Waals surface area contributed by atoms with Crippen LogP contribution >= 0.6 is 7.14 Å². The van der Waals surface area contributed by atoms with Gasteiger partial charge in [0.1, 0.15) is 12.3 Å². The molecule has 0 saturated heterocycles. The van der Waals surface area contributed by atoms with Crippen LogP contribution in [-0.2, 0) is 4.57 Å². The van der Waals surface area contributed by atoms with Crippen LogP contribution in [0.2, 0.25) is 0 Å². The molecule has 0 saturated carbocycles. The Morgan fingerprint density at radius 3 is 1.78 bits per heavy atom. The van der Waals surface area contributed by atoms with Crippen LogP contribution in [0.1, 0.15) is 13.8 Å². The van der Waals surface area contributed by atoms with Crippen molar-refractivity contribution in [1.29, 1.82) is 5.26 Å². The van der Waals surface area contributed by atoms with E-state index in [1.807, 2.05) is 6.07 Å². The number of nitriles is 1. The summed E-state index contributed by atoms with van der Waals surface area (Å²) >= 11 is 0. The molecule has 0 unspecified atom stereocenters. The fraction of sp³-hybridized carbons (Fsp3) is 0.833. The first-order chi connectivity index (χ1) is 3.81. The van der Waals surface area contributed by atoms with Gasteiger partial charge in [-0.3, -0.25) is 0 Å². The Morgan fingerprint density at radius 1 is 1.44 bits per heavy atom. The monoisotopic (exact) mass is 145 g/mol. The topological polar surface area (TPSA) is 40.9 Å². The van der Waals surface area contributed by atoms with E-state index in [2.05, 4.69) is 0 Å². The number of hydrogen-bond donors (Lipinski definition) is 0. The van der Waals surface area contributed by atoms with Gasteiger partial charge in [-0.25, -0.2) is 0 Å². The molecule has 3 heteroatoms. The van der Waals surface area contributed by atoms with Crippen LogP contribution in [0.5, 0.6) is 0 Å². The molecule has 0 aromatic carbocycles. The van der Waals surface area contributed by atoms with Crippen LogP contribution in [0, 0.1) is 11.3 Å². The first kappa shape index (κ1) is 8.72. The van der Waals surface area contributed by atoms with E-state index in [1.165, 1.54) is 0 Å². The summed E-state index contributed by atoms with van der Waals surface area (Å²) in [6.45, 7) is 6.67. The molecule has 52 valence electrons. The Kier molecular flexibility index (Phi) is 2.09. The van der Waals surface area contributed by atoms with Gasteiger partial charge in [0.15, 0.2) is 0 Å². The van der Waals surface area contributed by atoms with Crippen molar-refractivity contribution in [2.75, 3.05) is 13.3 Å². The van der Waals surface area contributed by atoms with E-state index in [0.717, 1.165) is 0 Å². The van der Waals surface area contributed by atoms with Gasteiger partial charge in [-0.1, -0.05) is 0 Å². The summed E-state index contributed by atoms with van der Waals surface area (Å²) in [5, 5.41) is 7.85. The van der Waals surface area contributed by atoms with Gasteiger partial charge in [0.05, 0.1) is 6.07 Å². The standard InChI is InChI=1S/C6H12NOP/c1-6(2,5-7)9(3,4)8/h1-4H3. The zero-order chi connectivity index (χ0) is 7.71. The van der Waals surface area contributed by atoms with Gasteiger partial charge in [0.2, 0.25) is 0 Å². The molecule has 0 aliphatic rings. The lowest BCUT2D eigenvalue weighted by molar-refractivity contribution is 0.567. The Balaban J connectivity index is 4.61. The number of hydrogen-bond acceptors (Lipinski definition) is 2. The summed E-state index contributed by atoms with van der Waals surface area (Å²) < 4.78 is 11.2. The smallest absolute Gasteiger partial charge is 0.104 e. The summed E-state index contributed by atoms with van der Waals surface area (Å²) in [5.41, 5.74) is 0. The highest BCUT2D eigenvalue weighted by Crippen LogP contribution is 2.50. The highest BCUT2D eigenvalue weighted by molar-refractivity contribution is 7.64. The van der Waals surface area contributed by atoms with E-state index in [-0.39, 0.29) is 0 Å². The first-order valence-electron chi connectivity index (χ1n) is 2.77. The molecule has 0 aliphatic heterocycles. The Morgan fingerprint density at radius 2 is 1.78 bits per heavy atom. The van der Waals surface area contributed by atoms with Gasteiger partial charge in [0, 0.05) is 0 Å². The molecule has 0 N–H and O–H groups in total. The predicted molar refractivity (Wildman–Crippen MR) is 39.1 cm³/mol. The lowest BCUT2D eigenvalue weighted by Gasteiger charge is -2.19.